The number of aryl methyl sites for hydroxylation is 1. The van der Waals surface area contributed by atoms with Crippen LogP contribution in [0.1, 0.15) is 24.5 Å². The van der Waals surface area contributed by atoms with Crippen molar-refractivity contribution in [3.05, 3.63) is 28.8 Å². The summed E-state index contributed by atoms with van der Waals surface area (Å²) in [5.74, 6) is 1.39. The largest absolute Gasteiger partial charge is 0.327 e. The maximum Gasteiger partial charge on any atom is 0.144 e. The van der Waals surface area contributed by atoms with Crippen LogP contribution in [0.3, 0.4) is 0 Å². The topological polar surface area (TPSA) is 17.8 Å². The number of thioether (sulfide) groups is 1. The summed E-state index contributed by atoms with van der Waals surface area (Å²) in [7, 11) is 0. The minimum atomic E-state index is -0.422. The number of hydrogen-bond donors (Lipinski definition) is 0. The molecule has 6 heteroatoms. The molecule has 0 bridgehead atoms. The van der Waals surface area contributed by atoms with Crippen molar-refractivity contribution in [1.82, 2.24) is 9.55 Å². The van der Waals surface area contributed by atoms with E-state index in [0.717, 1.165) is 30.1 Å². The Morgan fingerprint density at radius 2 is 2.21 bits per heavy atom. The molecule has 0 spiro atoms. The summed E-state index contributed by atoms with van der Waals surface area (Å²) in [6, 6.07) is 2.99. The number of hydrogen-bond acceptors (Lipinski definition) is 2. The molecule has 0 saturated heterocycles. The first kappa shape index (κ1) is 14.9. The van der Waals surface area contributed by atoms with Crippen LogP contribution in [-0.2, 0) is 6.54 Å². The third kappa shape index (κ3) is 3.18. The zero-order valence-electron chi connectivity index (χ0n) is 10.8. The zero-order valence-corrected chi connectivity index (χ0v) is 13.1. The molecule has 0 N–H and O–H groups in total. The summed E-state index contributed by atoms with van der Waals surface area (Å²) in [5, 5.41) is -0.126. The lowest BCUT2D eigenvalue weighted by Crippen LogP contribution is -2.05. The molecule has 1 aromatic carbocycles. The summed E-state index contributed by atoms with van der Waals surface area (Å²) in [6.45, 7) is 2.65. The van der Waals surface area contributed by atoms with Gasteiger partial charge in [0.25, 0.3) is 0 Å². The van der Waals surface area contributed by atoms with E-state index >= 15 is 0 Å². The molecule has 1 heterocycles. The molecular weight excluding hydrogens is 306 g/mol. The third-order valence-corrected chi connectivity index (χ3v) is 4.09. The van der Waals surface area contributed by atoms with Crippen molar-refractivity contribution in [3.8, 4) is 0 Å². The zero-order chi connectivity index (χ0) is 14.0. The highest BCUT2D eigenvalue weighted by atomic mass is 35.5. The van der Waals surface area contributed by atoms with Gasteiger partial charge in [0.05, 0.1) is 21.4 Å². The summed E-state index contributed by atoms with van der Waals surface area (Å²) >= 11 is 13.7. The van der Waals surface area contributed by atoms with Gasteiger partial charge in [0.1, 0.15) is 11.6 Å². The Hall–Kier alpha value is -0.450. The van der Waals surface area contributed by atoms with Crippen LogP contribution in [0.15, 0.2) is 12.1 Å². The van der Waals surface area contributed by atoms with E-state index in [1.54, 1.807) is 17.8 Å². The van der Waals surface area contributed by atoms with Gasteiger partial charge in [0, 0.05) is 12.6 Å². The van der Waals surface area contributed by atoms with E-state index in [0.29, 0.717) is 5.52 Å². The van der Waals surface area contributed by atoms with Gasteiger partial charge in [0.15, 0.2) is 0 Å². The van der Waals surface area contributed by atoms with Crippen molar-refractivity contribution in [2.45, 2.75) is 25.3 Å². The number of rotatable bonds is 5. The Balaban J connectivity index is 2.49. The number of halogens is 3. The van der Waals surface area contributed by atoms with Gasteiger partial charge in [0.2, 0.25) is 0 Å². The molecule has 0 radical (unpaired) electrons. The van der Waals surface area contributed by atoms with Crippen molar-refractivity contribution in [2.24, 2.45) is 0 Å². The Kier molecular flexibility index (Phi) is 4.98. The third-order valence-electron chi connectivity index (χ3n) is 2.91. The van der Waals surface area contributed by atoms with Gasteiger partial charge < -0.3 is 4.57 Å². The second kappa shape index (κ2) is 6.33. The average Bonchev–Trinajstić information content (AvgIpc) is 2.69. The van der Waals surface area contributed by atoms with Crippen molar-refractivity contribution < 1.29 is 4.39 Å². The second-order valence-electron chi connectivity index (χ2n) is 4.34. The molecular formula is C13H15Cl2FN2S. The fourth-order valence-corrected chi connectivity index (χ4v) is 2.79. The molecule has 1 aromatic heterocycles. The van der Waals surface area contributed by atoms with Gasteiger partial charge in [-0.25, -0.2) is 9.37 Å². The van der Waals surface area contributed by atoms with Crippen LogP contribution in [0.25, 0.3) is 11.0 Å². The summed E-state index contributed by atoms with van der Waals surface area (Å²) < 4.78 is 15.6. The lowest BCUT2D eigenvalue weighted by molar-refractivity contribution is 0.625. The smallest absolute Gasteiger partial charge is 0.144 e. The first-order valence-corrected chi connectivity index (χ1v) is 8.23. The van der Waals surface area contributed by atoms with E-state index in [-0.39, 0.29) is 10.4 Å². The van der Waals surface area contributed by atoms with Gasteiger partial charge in [-0.15, -0.1) is 11.6 Å². The Morgan fingerprint density at radius 1 is 1.47 bits per heavy atom. The summed E-state index contributed by atoms with van der Waals surface area (Å²) in [5.41, 5.74) is 1.45. The highest BCUT2D eigenvalue weighted by Crippen LogP contribution is 2.28. The molecule has 0 amide bonds. The number of aromatic nitrogens is 2. The van der Waals surface area contributed by atoms with Crippen molar-refractivity contribution >= 4 is 46.0 Å². The van der Waals surface area contributed by atoms with E-state index < -0.39 is 5.82 Å². The lowest BCUT2D eigenvalue weighted by atomic mass is 10.3. The highest BCUT2D eigenvalue weighted by molar-refractivity contribution is 7.98. The van der Waals surface area contributed by atoms with Crippen molar-refractivity contribution in [1.29, 1.82) is 0 Å². The monoisotopic (exact) mass is 320 g/mol. The van der Waals surface area contributed by atoms with Crippen LogP contribution >= 0.6 is 35.0 Å². The fraction of sp³-hybridized carbons (Fsp3) is 0.462. The van der Waals surface area contributed by atoms with Gasteiger partial charge in [-0.3, -0.25) is 0 Å². The number of fused-ring (bicyclic) bond motifs is 1. The van der Waals surface area contributed by atoms with Gasteiger partial charge in [-0.05, 0) is 31.4 Å². The number of benzene rings is 1. The van der Waals surface area contributed by atoms with Crippen LogP contribution in [0.5, 0.6) is 0 Å². The number of imidazole rings is 1. The molecule has 104 valence electrons. The van der Waals surface area contributed by atoms with E-state index in [2.05, 4.69) is 11.2 Å². The standard InChI is InChI=1S/C13H15Cl2FN2S/c1-8(14)13-17-11-6-9(15)10(16)7-12(11)18(13)4-3-5-19-2/h6-8H,3-5H2,1-2H3. The first-order valence-electron chi connectivity index (χ1n) is 6.02. The van der Waals surface area contributed by atoms with Gasteiger partial charge >= 0.3 is 0 Å². The van der Waals surface area contributed by atoms with Crippen LogP contribution in [0.2, 0.25) is 5.02 Å². The van der Waals surface area contributed by atoms with Crippen LogP contribution < -0.4 is 0 Å². The molecule has 1 atom stereocenters. The minimum Gasteiger partial charge on any atom is -0.327 e. The second-order valence-corrected chi connectivity index (χ2v) is 6.39. The minimum absolute atomic E-state index is 0.0926. The Labute approximate surface area is 126 Å². The molecule has 1 unspecified atom stereocenters. The molecule has 2 rings (SSSR count). The quantitative estimate of drug-likeness (QED) is 0.577. The average molecular weight is 321 g/mol. The number of alkyl halides is 1. The molecule has 19 heavy (non-hydrogen) atoms. The van der Waals surface area contributed by atoms with Gasteiger partial charge in [-0.1, -0.05) is 11.6 Å². The molecule has 0 fully saturated rings. The summed E-state index contributed by atoms with van der Waals surface area (Å²) in [6.07, 6.45) is 3.06. The molecule has 2 aromatic rings. The van der Waals surface area contributed by atoms with Crippen LogP contribution in [0, 0.1) is 5.82 Å². The first-order chi connectivity index (χ1) is 9.04. The van der Waals surface area contributed by atoms with Gasteiger partial charge in [-0.2, -0.15) is 11.8 Å². The van der Waals surface area contributed by atoms with E-state index in [9.17, 15) is 4.39 Å². The van der Waals surface area contributed by atoms with Crippen molar-refractivity contribution in [3.63, 3.8) is 0 Å². The van der Waals surface area contributed by atoms with Crippen LogP contribution in [-0.4, -0.2) is 21.6 Å². The highest BCUT2D eigenvalue weighted by Gasteiger charge is 2.16. The SMILES string of the molecule is CSCCCn1c(C(C)Cl)nc2cc(Cl)c(F)cc21. The molecule has 0 aliphatic rings. The van der Waals surface area contributed by atoms with E-state index in [1.165, 1.54) is 6.07 Å². The maximum absolute atomic E-state index is 13.6. The number of nitrogens with zero attached hydrogens (tertiary/aromatic N) is 2. The predicted molar refractivity (Wildman–Crippen MR) is 82.0 cm³/mol. The normalized spacial score (nSPS) is 13.1. The summed E-state index contributed by atoms with van der Waals surface area (Å²) in [4.78, 5) is 4.47. The van der Waals surface area contributed by atoms with Crippen LogP contribution in [0.4, 0.5) is 4.39 Å². The fourth-order valence-electron chi connectivity index (χ4n) is 2.04. The molecule has 0 saturated carbocycles. The maximum atomic E-state index is 13.6. The Bertz CT molecular complexity index is 584. The van der Waals surface area contributed by atoms with Crippen molar-refractivity contribution in [2.75, 3.05) is 12.0 Å². The predicted octanol–water partition coefficient (Wildman–Crippen LogP) is 4.88. The molecule has 2 nitrogen and oxygen atoms in total. The lowest BCUT2D eigenvalue weighted by Gasteiger charge is -2.10. The molecule has 0 aliphatic heterocycles. The molecule has 0 aliphatic carbocycles. The van der Waals surface area contributed by atoms with E-state index in [4.69, 9.17) is 23.2 Å². The van der Waals surface area contributed by atoms with E-state index in [1.807, 2.05) is 11.5 Å². The Morgan fingerprint density at radius 3 is 2.84 bits per heavy atom.